The number of β-amino-alcohol motifs (C(OH)–C–C–N with tert-alkyl or cyclic N) is 1. The Hall–Kier alpha value is -7.44. The number of anilines is 2. The zero-order chi connectivity index (χ0) is 62.7. The highest BCUT2D eigenvalue weighted by Crippen LogP contribution is 2.35. The van der Waals surface area contributed by atoms with Gasteiger partial charge in [0.2, 0.25) is 27.7 Å². The molecule has 0 spiro atoms. The van der Waals surface area contributed by atoms with Gasteiger partial charge in [0.1, 0.15) is 23.6 Å². The molecule has 5 N–H and O–H groups in total. The number of thiazole rings is 2. The quantitative estimate of drug-likeness (QED) is 0.0506. The van der Waals surface area contributed by atoms with E-state index in [1.807, 2.05) is 129 Å². The molecule has 3 aliphatic heterocycles. The van der Waals surface area contributed by atoms with E-state index < -0.39 is 51.4 Å². The highest BCUT2D eigenvalue weighted by Gasteiger charge is 2.45. The van der Waals surface area contributed by atoms with Crippen LogP contribution in [0, 0.1) is 31.1 Å². The number of aryl methyl sites for hydroxylation is 1. The van der Waals surface area contributed by atoms with Crippen LogP contribution in [0.5, 0.6) is 0 Å². The monoisotopic (exact) mass is 1260 g/mol. The third-order valence-corrected chi connectivity index (χ3v) is 21.4. The fraction of sp³-hybridized carbons (Fsp3) is 0.470. The number of nitrogens with zero attached hydrogens (tertiary/aromatic N) is 8. The molecule has 23 heteroatoms. The number of nitrogens with one attached hydrogen (secondary N) is 4. The lowest BCUT2D eigenvalue weighted by molar-refractivity contribution is -0.145. The standard InChI is InChI=1S/C66H80N12O8S3/c1-40(44-20-22-46(23-21-44)58-41(2)67-39-87-58)69-62(82)54-34-48(79)37-77(54)64(84)59(66(4,5)6)72-60(80)47-26-30-75(31-27-47)29-13-33-89(85,86)74-63(83)57-49(51-35-68-78(42(51)3)36-43-14-8-7-9-15-43)24-25-56(71-57)76-32-28-45-16-12-17-50(52(45)38-76)61(81)73-65-70-53-18-10-11-19-55(53)88-65/h10-12,16-25,35,39-40,43,47-48,54,59,79H,7-9,13-15,26-34,36-38H2,1-6H3,(H,69,82)(H,72,80)(H,74,83)(H,70,73,81)/t40-,48+,54-,59+/m0/s1. The van der Waals surface area contributed by atoms with Gasteiger partial charge in [-0.25, -0.2) is 28.1 Å². The Kier molecular flexibility index (Phi) is 19.1. The Morgan fingerprint density at radius 2 is 1.60 bits per heavy atom. The number of piperidine rings is 1. The summed E-state index contributed by atoms with van der Waals surface area (Å²) < 4.78 is 33.2. The maximum atomic E-state index is 14.6. The highest BCUT2D eigenvalue weighted by molar-refractivity contribution is 7.90. The molecule has 4 atom stereocenters. The van der Waals surface area contributed by atoms with E-state index in [0.29, 0.717) is 85.5 Å². The molecule has 4 aromatic heterocycles. The molecule has 20 nitrogen and oxygen atoms in total. The van der Waals surface area contributed by atoms with E-state index in [1.54, 1.807) is 23.6 Å². The van der Waals surface area contributed by atoms with Crippen LogP contribution in [0.3, 0.4) is 0 Å². The number of hydrogen-bond acceptors (Lipinski definition) is 16. The summed E-state index contributed by atoms with van der Waals surface area (Å²) in [5, 5.41) is 25.2. The molecular formula is C66H80N12O8S3. The second-order valence-corrected chi connectivity index (χ2v) is 29.2. The van der Waals surface area contributed by atoms with Crippen LogP contribution in [0.1, 0.15) is 140 Å². The predicted molar refractivity (Wildman–Crippen MR) is 347 cm³/mol. The van der Waals surface area contributed by atoms with Crippen LogP contribution >= 0.6 is 22.7 Å². The van der Waals surface area contributed by atoms with Gasteiger partial charge in [-0.1, -0.05) is 99.9 Å². The summed E-state index contributed by atoms with van der Waals surface area (Å²) in [6, 6.07) is 22.7. The molecule has 5 amide bonds. The third-order valence-electron chi connectivity index (χ3n) is 18.1. The molecule has 470 valence electrons. The summed E-state index contributed by atoms with van der Waals surface area (Å²) in [6.07, 6.45) is 8.50. The number of fused-ring (bicyclic) bond motifs is 2. The van der Waals surface area contributed by atoms with E-state index >= 15 is 0 Å². The van der Waals surface area contributed by atoms with Crippen molar-refractivity contribution in [2.24, 2.45) is 17.3 Å². The van der Waals surface area contributed by atoms with Crippen LogP contribution < -0.4 is 25.6 Å². The van der Waals surface area contributed by atoms with Gasteiger partial charge in [-0.3, -0.25) is 34.0 Å². The zero-order valence-electron chi connectivity index (χ0n) is 51.5. The molecule has 1 aliphatic carbocycles. The van der Waals surface area contributed by atoms with Crippen molar-refractivity contribution < 1.29 is 37.5 Å². The lowest BCUT2D eigenvalue weighted by atomic mass is 9.84. The molecule has 7 heterocycles. The molecule has 7 aromatic rings. The largest absolute Gasteiger partial charge is 0.391 e. The van der Waals surface area contributed by atoms with Crippen LogP contribution in [0.4, 0.5) is 10.9 Å². The van der Waals surface area contributed by atoms with Crippen molar-refractivity contribution in [3.8, 4) is 21.6 Å². The number of para-hydroxylation sites is 1. The van der Waals surface area contributed by atoms with E-state index in [9.17, 15) is 37.5 Å². The number of amides is 5. The summed E-state index contributed by atoms with van der Waals surface area (Å²) in [5.41, 5.74) is 9.05. The van der Waals surface area contributed by atoms with Crippen LogP contribution in [0.15, 0.2) is 90.6 Å². The smallest absolute Gasteiger partial charge is 0.284 e. The molecule has 2 saturated heterocycles. The first kappa shape index (κ1) is 63.1. The maximum absolute atomic E-state index is 14.6. The molecule has 3 aromatic carbocycles. The van der Waals surface area contributed by atoms with Crippen LogP contribution in [-0.4, -0.2) is 134 Å². The van der Waals surface area contributed by atoms with Gasteiger partial charge in [-0.2, -0.15) is 5.10 Å². The summed E-state index contributed by atoms with van der Waals surface area (Å²) in [5.74, 6) is -2.05. The molecule has 11 rings (SSSR count). The Morgan fingerprint density at radius 3 is 2.33 bits per heavy atom. The zero-order valence-corrected chi connectivity index (χ0v) is 53.9. The number of carbonyl (C=O) groups excluding carboxylic acids is 5. The van der Waals surface area contributed by atoms with E-state index in [1.165, 1.54) is 35.5 Å². The van der Waals surface area contributed by atoms with E-state index in [2.05, 4.69) is 35.5 Å². The Bertz CT molecular complexity index is 3830. The molecule has 1 saturated carbocycles. The maximum Gasteiger partial charge on any atom is 0.284 e. The van der Waals surface area contributed by atoms with Crippen molar-refractivity contribution in [2.45, 2.75) is 143 Å². The number of aliphatic hydroxyl groups excluding tert-OH is 1. The molecule has 0 unspecified atom stereocenters. The average molecular weight is 1270 g/mol. The summed E-state index contributed by atoms with van der Waals surface area (Å²) in [7, 11) is -4.18. The number of hydrogen-bond donors (Lipinski definition) is 5. The van der Waals surface area contributed by atoms with E-state index in [0.717, 1.165) is 68.1 Å². The lowest BCUT2D eigenvalue weighted by Gasteiger charge is -2.37. The second-order valence-electron chi connectivity index (χ2n) is 25.5. The van der Waals surface area contributed by atoms with Crippen molar-refractivity contribution in [3.63, 3.8) is 0 Å². The van der Waals surface area contributed by atoms with Gasteiger partial charge < -0.3 is 30.4 Å². The number of carbonyl (C=O) groups is 5. The fourth-order valence-corrected chi connectivity index (χ4v) is 15.7. The Labute approximate surface area is 528 Å². The molecule has 89 heavy (non-hydrogen) atoms. The van der Waals surface area contributed by atoms with Gasteiger partial charge in [0.15, 0.2) is 5.13 Å². The molecule has 0 bridgehead atoms. The normalized spacial score (nSPS) is 18.6. The topological polar surface area (TPSA) is 254 Å². The number of pyridine rings is 1. The van der Waals surface area contributed by atoms with Gasteiger partial charge >= 0.3 is 0 Å². The van der Waals surface area contributed by atoms with Gasteiger partial charge in [-0.05, 0) is 143 Å². The molecule has 4 aliphatic rings. The number of aromatic nitrogens is 5. The van der Waals surface area contributed by atoms with E-state index in [-0.39, 0.29) is 54.6 Å². The number of aliphatic hydroxyl groups is 1. The summed E-state index contributed by atoms with van der Waals surface area (Å²) in [6.45, 7) is 14.4. The Morgan fingerprint density at radius 1 is 0.831 bits per heavy atom. The van der Waals surface area contributed by atoms with Crippen LogP contribution in [0.25, 0.3) is 31.8 Å². The minimum absolute atomic E-state index is 0.0428. The first-order valence-electron chi connectivity index (χ1n) is 31.1. The summed E-state index contributed by atoms with van der Waals surface area (Å²) in [4.78, 5) is 91.4. The van der Waals surface area contributed by atoms with E-state index in [4.69, 9.17) is 10.1 Å². The van der Waals surface area contributed by atoms with Gasteiger partial charge in [-0.15, -0.1) is 11.3 Å². The lowest BCUT2D eigenvalue weighted by Crippen LogP contribution is -2.59. The SMILES string of the molecule is Cc1ncsc1-c1ccc([C@H](C)NC(=O)[C@@H]2C[C@@H](O)CN2C(=O)[C@@H](NC(=O)C2CCN(CCCS(=O)(=O)NC(=O)c3nc(N4CCc5cccc(C(=O)Nc6nc7ccccc7s6)c5C4)ccc3-c3cnn(CC4CCCCC4)c3C)CC2)C(C)(C)C)cc1. The fourth-order valence-electron chi connectivity index (χ4n) is 13.0. The number of rotatable bonds is 19. The minimum atomic E-state index is -4.18. The predicted octanol–water partition coefficient (Wildman–Crippen LogP) is 9.22. The van der Waals surface area contributed by atoms with Crippen LogP contribution in [0.2, 0.25) is 0 Å². The van der Waals surface area contributed by atoms with Gasteiger partial charge in [0, 0.05) is 60.9 Å². The van der Waals surface area contributed by atoms with Crippen LogP contribution in [-0.2, 0) is 43.9 Å². The molecule has 3 fully saturated rings. The van der Waals surface area contributed by atoms with Crippen molar-refractivity contribution in [1.29, 1.82) is 0 Å². The number of benzene rings is 3. The second kappa shape index (κ2) is 26.9. The average Bonchev–Trinajstić information content (AvgIpc) is 2.11. The number of sulfonamides is 1. The molecule has 0 radical (unpaired) electrons. The van der Waals surface area contributed by atoms with Crippen molar-refractivity contribution >= 4 is 83.4 Å². The van der Waals surface area contributed by atoms with Gasteiger partial charge in [0.05, 0.1) is 50.4 Å². The minimum Gasteiger partial charge on any atom is -0.391 e. The summed E-state index contributed by atoms with van der Waals surface area (Å²) >= 11 is 2.97. The van der Waals surface area contributed by atoms with Crippen molar-refractivity contribution in [2.75, 3.05) is 48.7 Å². The third kappa shape index (κ3) is 14.6. The van der Waals surface area contributed by atoms with Crippen molar-refractivity contribution in [1.82, 2.24) is 49.9 Å². The molecular weight excluding hydrogens is 1190 g/mol. The number of likely N-dealkylation sites (tertiary alicyclic amines) is 2. The van der Waals surface area contributed by atoms with Crippen molar-refractivity contribution in [3.05, 3.63) is 130 Å². The Balaban J connectivity index is 0.710. The first-order valence-corrected chi connectivity index (χ1v) is 34.4. The first-order chi connectivity index (χ1) is 42.7. The highest BCUT2D eigenvalue weighted by atomic mass is 32.2. The van der Waals surface area contributed by atoms with Gasteiger partial charge in [0.25, 0.3) is 11.8 Å².